The Balaban J connectivity index is 2.37. The standard InChI is InChI=1S/C7H9NOS2/c9-7(1-3-10)8-6-2-4-11-5-6/h2,4-5,10H,1,3H2,(H,8,9). The van der Waals surface area contributed by atoms with E-state index in [0.29, 0.717) is 12.2 Å². The largest absolute Gasteiger partial charge is 0.325 e. The van der Waals surface area contributed by atoms with E-state index < -0.39 is 0 Å². The van der Waals surface area contributed by atoms with E-state index >= 15 is 0 Å². The van der Waals surface area contributed by atoms with Gasteiger partial charge in [0.15, 0.2) is 0 Å². The fourth-order valence-corrected chi connectivity index (χ4v) is 1.45. The number of hydrogen-bond donors (Lipinski definition) is 2. The second kappa shape index (κ2) is 4.41. The van der Waals surface area contributed by atoms with Gasteiger partial charge in [-0.05, 0) is 17.2 Å². The average molecular weight is 187 g/mol. The molecule has 4 heteroatoms. The van der Waals surface area contributed by atoms with Crippen molar-refractivity contribution < 1.29 is 4.79 Å². The first-order valence-corrected chi connectivity index (χ1v) is 4.83. The van der Waals surface area contributed by atoms with Crippen LogP contribution < -0.4 is 5.32 Å². The fraction of sp³-hybridized carbons (Fsp3) is 0.286. The Labute approximate surface area is 75.0 Å². The quantitative estimate of drug-likeness (QED) is 0.696. The number of rotatable bonds is 3. The molecule has 0 unspecified atom stereocenters. The molecule has 0 aromatic carbocycles. The summed E-state index contributed by atoms with van der Waals surface area (Å²) in [6.45, 7) is 0. The van der Waals surface area contributed by atoms with Crippen LogP contribution in [0.3, 0.4) is 0 Å². The Morgan fingerprint density at radius 2 is 2.55 bits per heavy atom. The fourth-order valence-electron chi connectivity index (χ4n) is 0.661. The molecule has 11 heavy (non-hydrogen) atoms. The summed E-state index contributed by atoms with van der Waals surface area (Å²) >= 11 is 5.52. The zero-order valence-corrected chi connectivity index (χ0v) is 7.62. The minimum Gasteiger partial charge on any atom is -0.325 e. The average Bonchev–Trinajstić information content (AvgIpc) is 2.40. The first-order valence-electron chi connectivity index (χ1n) is 3.26. The predicted octanol–water partition coefficient (Wildman–Crippen LogP) is 2.01. The molecule has 0 fully saturated rings. The highest BCUT2D eigenvalue weighted by Crippen LogP contribution is 2.11. The van der Waals surface area contributed by atoms with Gasteiger partial charge in [0.2, 0.25) is 5.91 Å². The monoisotopic (exact) mass is 187 g/mol. The number of anilines is 1. The number of carbonyl (C=O) groups excluding carboxylic acids is 1. The molecule has 0 atom stereocenters. The molecule has 1 N–H and O–H groups in total. The maximum Gasteiger partial charge on any atom is 0.225 e. The number of hydrogen-bond acceptors (Lipinski definition) is 3. The summed E-state index contributed by atoms with van der Waals surface area (Å²) in [7, 11) is 0. The van der Waals surface area contributed by atoms with Gasteiger partial charge in [0.05, 0.1) is 5.69 Å². The topological polar surface area (TPSA) is 29.1 Å². The number of amides is 1. The van der Waals surface area contributed by atoms with Crippen molar-refractivity contribution in [3.05, 3.63) is 16.8 Å². The number of carbonyl (C=O) groups is 1. The van der Waals surface area contributed by atoms with Crippen molar-refractivity contribution in [1.82, 2.24) is 0 Å². The van der Waals surface area contributed by atoms with Crippen LogP contribution in [0.2, 0.25) is 0 Å². The lowest BCUT2D eigenvalue weighted by atomic mass is 10.4. The van der Waals surface area contributed by atoms with Crippen LogP contribution >= 0.6 is 24.0 Å². The van der Waals surface area contributed by atoms with E-state index in [1.807, 2.05) is 16.8 Å². The van der Waals surface area contributed by atoms with E-state index in [9.17, 15) is 4.79 Å². The van der Waals surface area contributed by atoms with E-state index in [1.54, 1.807) is 11.3 Å². The smallest absolute Gasteiger partial charge is 0.225 e. The lowest BCUT2D eigenvalue weighted by Gasteiger charge is -1.98. The first kappa shape index (κ1) is 8.62. The highest BCUT2D eigenvalue weighted by atomic mass is 32.1. The maximum absolute atomic E-state index is 11.0. The maximum atomic E-state index is 11.0. The molecule has 1 aromatic rings. The molecule has 0 saturated heterocycles. The Hall–Kier alpha value is -0.480. The summed E-state index contributed by atoms with van der Waals surface area (Å²) < 4.78 is 0. The van der Waals surface area contributed by atoms with E-state index in [4.69, 9.17) is 0 Å². The van der Waals surface area contributed by atoms with Gasteiger partial charge < -0.3 is 5.32 Å². The van der Waals surface area contributed by atoms with Crippen LogP contribution in [0.15, 0.2) is 16.8 Å². The van der Waals surface area contributed by atoms with Crippen molar-refractivity contribution in [2.24, 2.45) is 0 Å². The van der Waals surface area contributed by atoms with Crippen LogP contribution in [-0.4, -0.2) is 11.7 Å². The molecule has 1 heterocycles. The molecule has 0 saturated carbocycles. The second-order valence-corrected chi connectivity index (χ2v) is 3.26. The van der Waals surface area contributed by atoms with Crippen molar-refractivity contribution in [2.45, 2.75) is 6.42 Å². The predicted molar refractivity (Wildman–Crippen MR) is 51.4 cm³/mol. The van der Waals surface area contributed by atoms with Crippen molar-refractivity contribution in [1.29, 1.82) is 0 Å². The third-order valence-corrected chi connectivity index (χ3v) is 2.05. The molecular formula is C7H9NOS2. The van der Waals surface area contributed by atoms with Gasteiger partial charge in [0.25, 0.3) is 0 Å². The van der Waals surface area contributed by atoms with E-state index in [2.05, 4.69) is 17.9 Å². The lowest BCUT2D eigenvalue weighted by Crippen LogP contribution is -2.10. The zero-order chi connectivity index (χ0) is 8.10. The number of thiophene rings is 1. The lowest BCUT2D eigenvalue weighted by molar-refractivity contribution is -0.115. The second-order valence-electron chi connectivity index (χ2n) is 2.03. The molecule has 2 nitrogen and oxygen atoms in total. The molecule has 0 bridgehead atoms. The molecule has 1 rings (SSSR count). The van der Waals surface area contributed by atoms with Gasteiger partial charge in [0.1, 0.15) is 0 Å². The zero-order valence-electron chi connectivity index (χ0n) is 5.91. The molecule has 0 spiro atoms. The van der Waals surface area contributed by atoms with Crippen molar-refractivity contribution >= 4 is 35.6 Å². The minimum absolute atomic E-state index is 0.0263. The van der Waals surface area contributed by atoms with Gasteiger partial charge in [-0.15, -0.1) is 0 Å². The molecule has 0 aliphatic rings. The van der Waals surface area contributed by atoms with Gasteiger partial charge in [-0.3, -0.25) is 4.79 Å². The molecule has 0 aliphatic heterocycles. The Morgan fingerprint density at radius 3 is 3.09 bits per heavy atom. The van der Waals surface area contributed by atoms with Crippen LogP contribution in [0, 0.1) is 0 Å². The Morgan fingerprint density at radius 1 is 1.73 bits per heavy atom. The number of nitrogens with one attached hydrogen (secondary N) is 1. The molecule has 1 aromatic heterocycles. The van der Waals surface area contributed by atoms with E-state index in [-0.39, 0.29) is 5.91 Å². The van der Waals surface area contributed by atoms with Gasteiger partial charge in [0, 0.05) is 11.8 Å². The summed E-state index contributed by atoms with van der Waals surface area (Å²) in [4.78, 5) is 11.0. The minimum atomic E-state index is 0.0263. The van der Waals surface area contributed by atoms with Crippen LogP contribution in [0.25, 0.3) is 0 Å². The van der Waals surface area contributed by atoms with Gasteiger partial charge >= 0.3 is 0 Å². The first-order chi connectivity index (χ1) is 5.33. The van der Waals surface area contributed by atoms with Crippen molar-refractivity contribution in [3.63, 3.8) is 0 Å². The van der Waals surface area contributed by atoms with Crippen LogP contribution in [0.4, 0.5) is 5.69 Å². The molecule has 0 aliphatic carbocycles. The summed E-state index contributed by atoms with van der Waals surface area (Å²) in [5.41, 5.74) is 0.877. The van der Waals surface area contributed by atoms with E-state index in [0.717, 1.165) is 5.69 Å². The van der Waals surface area contributed by atoms with Crippen LogP contribution in [0.1, 0.15) is 6.42 Å². The van der Waals surface area contributed by atoms with Gasteiger partial charge in [-0.25, -0.2) is 0 Å². The van der Waals surface area contributed by atoms with Crippen molar-refractivity contribution in [2.75, 3.05) is 11.1 Å². The molecule has 1 amide bonds. The summed E-state index contributed by atoms with van der Waals surface area (Å²) in [5.74, 6) is 0.620. The SMILES string of the molecule is O=C(CCS)Nc1ccsc1. The highest BCUT2D eigenvalue weighted by Gasteiger charge is 1.99. The van der Waals surface area contributed by atoms with Crippen LogP contribution in [-0.2, 0) is 4.79 Å². The molecular weight excluding hydrogens is 178 g/mol. The summed E-state index contributed by atoms with van der Waals surface area (Å²) in [6, 6.07) is 1.88. The Kier molecular flexibility index (Phi) is 3.45. The van der Waals surface area contributed by atoms with Gasteiger partial charge in [-0.1, -0.05) is 0 Å². The molecule has 0 radical (unpaired) electrons. The van der Waals surface area contributed by atoms with Gasteiger partial charge in [-0.2, -0.15) is 24.0 Å². The van der Waals surface area contributed by atoms with E-state index in [1.165, 1.54) is 0 Å². The Bertz CT molecular complexity index is 220. The normalized spacial score (nSPS) is 9.55. The molecule has 60 valence electrons. The third kappa shape index (κ3) is 2.95. The summed E-state index contributed by atoms with van der Waals surface area (Å²) in [6.07, 6.45) is 0.471. The van der Waals surface area contributed by atoms with Crippen LogP contribution in [0.5, 0.6) is 0 Å². The van der Waals surface area contributed by atoms with Crippen molar-refractivity contribution in [3.8, 4) is 0 Å². The highest BCUT2D eigenvalue weighted by molar-refractivity contribution is 7.80. The number of thiol groups is 1. The summed E-state index contributed by atoms with van der Waals surface area (Å²) in [5, 5.41) is 6.57. The third-order valence-electron chi connectivity index (χ3n) is 1.14.